The Morgan fingerprint density at radius 1 is 1.17 bits per heavy atom. The van der Waals surface area contributed by atoms with E-state index in [1.54, 1.807) is 41.9 Å². The van der Waals surface area contributed by atoms with E-state index in [2.05, 4.69) is 15.9 Å². The number of benzene rings is 2. The molecule has 1 amide bonds. The second-order valence-electron chi connectivity index (χ2n) is 5.89. The SMILES string of the molecule is COc1ccc(S(=O)(=O)N(Cc2ccccc2)c2c(C(=O)NO)csc2Br)cc1. The third kappa shape index (κ3) is 4.45. The minimum Gasteiger partial charge on any atom is -0.497 e. The first-order valence-electron chi connectivity index (χ1n) is 8.30. The van der Waals surface area contributed by atoms with E-state index >= 15 is 0 Å². The Morgan fingerprint density at radius 3 is 2.41 bits per heavy atom. The molecule has 0 saturated heterocycles. The molecular weight excluding hydrogens is 480 g/mol. The maximum atomic E-state index is 13.5. The molecule has 0 bridgehead atoms. The van der Waals surface area contributed by atoms with Crippen molar-refractivity contribution in [3.8, 4) is 5.75 Å². The molecule has 152 valence electrons. The second-order valence-corrected chi connectivity index (χ2v) is 9.95. The fourth-order valence-corrected chi connectivity index (χ4v) is 5.83. The standard InChI is InChI=1S/C19H17BrN2O5S2/c1-27-14-7-9-15(10-8-14)29(25,26)22(11-13-5-3-2-4-6-13)17-16(19(23)21-24)12-28-18(17)20/h2-10,12,24H,11H2,1H3,(H,21,23). The van der Waals surface area contributed by atoms with Crippen LogP contribution in [-0.4, -0.2) is 26.6 Å². The minimum atomic E-state index is -4.04. The van der Waals surface area contributed by atoms with Crippen LogP contribution in [0.25, 0.3) is 0 Å². The monoisotopic (exact) mass is 496 g/mol. The number of nitrogens with one attached hydrogen (secondary N) is 1. The molecule has 0 aliphatic rings. The Labute approximate surface area is 180 Å². The largest absolute Gasteiger partial charge is 0.497 e. The number of hydroxylamine groups is 1. The summed E-state index contributed by atoms with van der Waals surface area (Å²) in [5.41, 5.74) is 2.50. The van der Waals surface area contributed by atoms with Crippen molar-refractivity contribution >= 4 is 48.9 Å². The van der Waals surface area contributed by atoms with Crippen molar-refractivity contribution in [1.82, 2.24) is 5.48 Å². The first-order valence-corrected chi connectivity index (χ1v) is 11.4. The number of sulfonamides is 1. The fourth-order valence-electron chi connectivity index (χ4n) is 2.69. The summed E-state index contributed by atoms with van der Waals surface area (Å²) in [5, 5.41) is 10.6. The maximum Gasteiger partial charge on any atom is 0.277 e. The fraction of sp³-hybridized carbons (Fsp3) is 0.105. The van der Waals surface area contributed by atoms with Crippen LogP contribution in [0.1, 0.15) is 15.9 Å². The Kier molecular flexibility index (Phi) is 6.58. The van der Waals surface area contributed by atoms with Gasteiger partial charge >= 0.3 is 0 Å². The lowest BCUT2D eigenvalue weighted by Crippen LogP contribution is -2.32. The molecule has 7 nitrogen and oxygen atoms in total. The maximum absolute atomic E-state index is 13.5. The van der Waals surface area contributed by atoms with Crippen LogP contribution in [-0.2, 0) is 16.6 Å². The van der Waals surface area contributed by atoms with E-state index in [0.717, 1.165) is 21.2 Å². The lowest BCUT2D eigenvalue weighted by molar-refractivity contribution is 0.0707. The lowest BCUT2D eigenvalue weighted by atomic mass is 10.2. The molecule has 2 aromatic carbocycles. The smallest absolute Gasteiger partial charge is 0.277 e. The van der Waals surface area contributed by atoms with Crippen LogP contribution >= 0.6 is 27.3 Å². The Balaban J connectivity index is 2.16. The van der Waals surface area contributed by atoms with Gasteiger partial charge in [-0.2, -0.15) is 0 Å². The van der Waals surface area contributed by atoms with E-state index < -0.39 is 15.9 Å². The summed E-state index contributed by atoms with van der Waals surface area (Å²) >= 11 is 4.50. The quantitative estimate of drug-likeness (QED) is 0.380. The zero-order valence-electron chi connectivity index (χ0n) is 15.2. The van der Waals surface area contributed by atoms with E-state index in [-0.39, 0.29) is 22.7 Å². The molecule has 0 saturated carbocycles. The van der Waals surface area contributed by atoms with Crippen LogP contribution in [0.4, 0.5) is 5.69 Å². The highest BCUT2D eigenvalue weighted by molar-refractivity contribution is 9.11. The normalized spacial score (nSPS) is 11.1. The second kappa shape index (κ2) is 8.95. The number of carbonyl (C=O) groups excluding carboxylic acids is 1. The number of methoxy groups -OCH3 is 1. The van der Waals surface area contributed by atoms with Crippen LogP contribution < -0.4 is 14.5 Å². The number of hydrogen-bond acceptors (Lipinski definition) is 6. The first-order chi connectivity index (χ1) is 13.9. The first kappa shape index (κ1) is 21.3. The zero-order chi connectivity index (χ0) is 21.0. The van der Waals surface area contributed by atoms with E-state index in [1.165, 1.54) is 24.6 Å². The van der Waals surface area contributed by atoms with Gasteiger partial charge in [0.2, 0.25) is 0 Å². The molecule has 0 unspecified atom stereocenters. The summed E-state index contributed by atoms with van der Waals surface area (Å²) in [6.07, 6.45) is 0. The van der Waals surface area contributed by atoms with Gasteiger partial charge in [0.15, 0.2) is 0 Å². The Hall–Kier alpha value is -2.40. The summed E-state index contributed by atoms with van der Waals surface area (Å²) in [4.78, 5) is 12.2. The number of ether oxygens (including phenoxy) is 1. The van der Waals surface area contributed by atoms with E-state index in [9.17, 15) is 13.2 Å². The van der Waals surface area contributed by atoms with Gasteiger partial charge in [0, 0.05) is 5.38 Å². The van der Waals surface area contributed by atoms with Crippen LogP contribution in [0.2, 0.25) is 0 Å². The van der Waals surface area contributed by atoms with Gasteiger partial charge in [-0.3, -0.25) is 14.3 Å². The molecule has 10 heteroatoms. The van der Waals surface area contributed by atoms with Crippen molar-refractivity contribution < 1.29 is 23.2 Å². The van der Waals surface area contributed by atoms with E-state index in [0.29, 0.717) is 9.54 Å². The van der Waals surface area contributed by atoms with Crippen LogP contribution in [0.15, 0.2) is 68.7 Å². The number of nitrogens with zero attached hydrogens (tertiary/aromatic N) is 1. The van der Waals surface area contributed by atoms with Crippen molar-refractivity contribution in [3.63, 3.8) is 0 Å². The summed E-state index contributed by atoms with van der Waals surface area (Å²) in [5.74, 6) is -0.277. The van der Waals surface area contributed by atoms with Gasteiger partial charge in [-0.05, 0) is 45.8 Å². The number of rotatable bonds is 7. The highest BCUT2D eigenvalue weighted by atomic mass is 79.9. The molecule has 0 atom stereocenters. The lowest BCUT2D eigenvalue weighted by Gasteiger charge is -2.25. The molecule has 29 heavy (non-hydrogen) atoms. The molecule has 0 fully saturated rings. The molecule has 1 aromatic heterocycles. The molecule has 3 rings (SSSR count). The summed E-state index contributed by atoms with van der Waals surface area (Å²) in [6.45, 7) is -0.00373. The van der Waals surface area contributed by atoms with Gasteiger partial charge in [-0.1, -0.05) is 30.3 Å². The topological polar surface area (TPSA) is 95.9 Å². The number of amides is 1. The number of carbonyl (C=O) groups is 1. The molecule has 3 aromatic rings. The number of halogens is 1. The van der Waals surface area contributed by atoms with Gasteiger partial charge in [0.1, 0.15) is 5.75 Å². The van der Waals surface area contributed by atoms with Crippen molar-refractivity contribution in [2.24, 2.45) is 0 Å². The minimum absolute atomic E-state index is 0.00373. The third-order valence-corrected chi connectivity index (χ3v) is 7.58. The molecule has 0 spiro atoms. The van der Waals surface area contributed by atoms with Crippen molar-refractivity contribution in [1.29, 1.82) is 0 Å². The Bertz CT molecular complexity index is 1100. The average molecular weight is 497 g/mol. The highest BCUT2D eigenvalue weighted by Gasteiger charge is 2.31. The summed E-state index contributed by atoms with van der Waals surface area (Å²) in [6, 6.07) is 15.0. The zero-order valence-corrected chi connectivity index (χ0v) is 18.4. The highest BCUT2D eigenvalue weighted by Crippen LogP contribution is 2.40. The van der Waals surface area contributed by atoms with Gasteiger partial charge in [0.05, 0.1) is 33.6 Å². The van der Waals surface area contributed by atoms with Crippen molar-refractivity contribution in [2.75, 3.05) is 11.4 Å². The molecule has 1 heterocycles. The molecule has 0 radical (unpaired) electrons. The van der Waals surface area contributed by atoms with Gasteiger partial charge in [-0.15, -0.1) is 11.3 Å². The molecule has 0 aliphatic carbocycles. The predicted molar refractivity (Wildman–Crippen MR) is 114 cm³/mol. The molecule has 0 aliphatic heterocycles. The van der Waals surface area contributed by atoms with Crippen LogP contribution in [0, 0.1) is 0 Å². The predicted octanol–water partition coefficient (Wildman–Crippen LogP) is 4.03. The van der Waals surface area contributed by atoms with Crippen LogP contribution in [0.3, 0.4) is 0 Å². The van der Waals surface area contributed by atoms with Crippen molar-refractivity contribution in [3.05, 3.63) is 74.9 Å². The summed E-state index contributed by atoms with van der Waals surface area (Å²) < 4.78 is 33.7. The Morgan fingerprint density at radius 2 is 1.83 bits per heavy atom. The molecular formula is C19H17BrN2O5S2. The third-order valence-electron chi connectivity index (χ3n) is 4.13. The van der Waals surface area contributed by atoms with Crippen molar-refractivity contribution in [2.45, 2.75) is 11.4 Å². The molecule has 2 N–H and O–H groups in total. The number of thiophene rings is 1. The number of anilines is 1. The van der Waals surface area contributed by atoms with Gasteiger partial charge in [0.25, 0.3) is 15.9 Å². The van der Waals surface area contributed by atoms with Gasteiger partial charge in [-0.25, -0.2) is 13.9 Å². The van der Waals surface area contributed by atoms with Gasteiger partial charge < -0.3 is 4.74 Å². The van der Waals surface area contributed by atoms with E-state index in [4.69, 9.17) is 9.94 Å². The number of hydrogen-bond donors (Lipinski definition) is 2. The summed E-state index contributed by atoms with van der Waals surface area (Å²) in [7, 11) is -2.55. The van der Waals surface area contributed by atoms with Crippen LogP contribution in [0.5, 0.6) is 5.75 Å². The van der Waals surface area contributed by atoms with E-state index in [1.807, 2.05) is 6.07 Å². The average Bonchev–Trinajstić information content (AvgIpc) is 3.13.